The lowest BCUT2D eigenvalue weighted by Gasteiger charge is -2.18. The van der Waals surface area contributed by atoms with Gasteiger partial charge in [-0.3, -0.25) is 4.99 Å². The van der Waals surface area contributed by atoms with Crippen LogP contribution in [0.1, 0.15) is 71.6 Å². The molecule has 0 heterocycles. The number of hydrogen-bond donors (Lipinski definition) is 0. The van der Waals surface area contributed by atoms with Gasteiger partial charge in [-0.2, -0.15) is 0 Å². The topological polar surface area (TPSA) is 12.4 Å². The van der Waals surface area contributed by atoms with E-state index in [9.17, 15) is 0 Å². The fourth-order valence-corrected chi connectivity index (χ4v) is 2.50. The highest BCUT2D eigenvalue weighted by atomic mass is 14.6. The highest BCUT2D eigenvalue weighted by Gasteiger charge is 2.11. The average molecular weight is 275 g/mol. The van der Waals surface area contributed by atoms with Crippen LogP contribution in [0, 0.1) is 5.92 Å². The summed E-state index contributed by atoms with van der Waals surface area (Å²) in [6.07, 6.45) is 19.3. The van der Waals surface area contributed by atoms with Crippen LogP contribution in [0.3, 0.4) is 0 Å². The normalized spacial score (nSPS) is 13.6. The molecule has 0 rings (SSSR count). The molecule has 20 heavy (non-hydrogen) atoms. The average Bonchev–Trinajstić information content (AvgIpc) is 2.47. The van der Waals surface area contributed by atoms with Gasteiger partial charge in [-0.05, 0) is 30.4 Å². The van der Waals surface area contributed by atoms with Gasteiger partial charge in [-0.1, -0.05) is 78.0 Å². The molecule has 0 aromatic heterocycles. The molecule has 114 valence electrons. The number of unbranched alkanes of at least 4 members (excludes halogenated alkanes) is 5. The smallest absolute Gasteiger partial charge is 0.0270 e. The van der Waals surface area contributed by atoms with Gasteiger partial charge in [0.2, 0.25) is 0 Å². The van der Waals surface area contributed by atoms with Gasteiger partial charge in [-0.25, -0.2) is 0 Å². The number of hydrogen-bond acceptors (Lipinski definition) is 1. The standard InChI is InChI=1S/C19H33N/c1-5-9-11-13-15-19(14-12-10-6-2)18(7-3)16-17-20-8-4/h7-8,16-17,19H,3-6,9-15H2,1-2H3/b18-16+,20-17?. The third-order valence-electron chi connectivity index (χ3n) is 3.73. The predicted octanol–water partition coefficient (Wildman–Crippen LogP) is 6.48. The summed E-state index contributed by atoms with van der Waals surface area (Å²) < 4.78 is 0. The molecule has 0 aliphatic rings. The summed E-state index contributed by atoms with van der Waals surface area (Å²) in [5.74, 6) is 0.646. The highest BCUT2D eigenvalue weighted by molar-refractivity contribution is 5.73. The fraction of sp³-hybridized carbons (Fsp3) is 0.632. The number of nitrogens with zero attached hydrogens (tertiary/aromatic N) is 1. The van der Waals surface area contributed by atoms with E-state index in [1.807, 2.05) is 12.3 Å². The zero-order chi connectivity index (χ0) is 15.1. The summed E-state index contributed by atoms with van der Waals surface area (Å²) in [6, 6.07) is 0. The molecule has 0 fully saturated rings. The predicted molar refractivity (Wildman–Crippen MR) is 93.4 cm³/mol. The molecule has 0 aromatic rings. The SMILES string of the molecule is C=CN=C/C=C(\C=C)C(CCCCC)CCCCCC. The minimum absolute atomic E-state index is 0.646. The van der Waals surface area contributed by atoms with Gasteiger partial charge in [0.25, 0.3) is 0 Å². The van der Waals surface area contributed by atoms with Gasteiger partial charge in [0.05, 0.1) is 0 Å². The molecule has 0 N–H and O–H groups in total. The Morgan fingerprint density at radius 1 is 0.950 bits per heavy atom. The summed E-state index contributed by atoms with van der Waals surface area (Å²) in [5, 5.41) is 0. The van der Waals surface area contributed by atoms with Gasteiger partial charge in [-0.15, -0.1) is 0 Å². The Morgan fingerprint density at radius 2 is 1.55 bits per heavy atom. The van der Waals surface area contributed by atoms with Crippen molar-refractivity contribution < 1.29 is 0 Å². The summed E-state index contributed by atoms with van der Waals surface area (Å²) >= 11 is 0. The molecule has 1 heteroatoms. The van der Waals surface area contributed by atoms with Gasteiger partial charge < -0.3 is 0 Å². The quantitative estimate of drug-likeness (QED) is 0.207. The van der Waals surface area contributed by atoms with Crippen molar-refractivity contribution in [3.8, 4) is 0 Å². The van der Waals surface area contributed by atoms with Gasteiger partial charge in [0.1, 0.15) is 0 Å². The third kappa shape index (κ3) is 9.77. The molecular formula is C19H33N. The highest BCUT2D eigenvalue weighted by Crippen LogP contribution is 2.25. The van der Waals surface area contributed by atoms with Crippen LogP contribution < -0.4 is 0 Å². The van der Waals surface area contributed by atoms with E-state index in [4.69, 9.17) is 0 Å². The second kappa shape index (κ2) is 14.3. The van der Waals surface area contributed by atoms with Crippen molar-refractivity contribution in [2.45, 2.75) is 71.6 Å². The zero-order valence-corrected chi connectivity index (χ0v) is 13.6. The van der Waals surface area contributed by atoms with Gasteiger partial charge in [0.15, 0.2) is 0 Å². The first kappa shape index (κ1) is 18.9. The second-order valence-electron chi connectivity index (χ2n) is 5.39. The maximum atomic E-state index is 4.06. The Hall–Kier alpha value is -1.11. The van der Waals surface area contributed by atoms with E-state index < -0.39 is 0 Å². The monoisotopic (exact) mass is 275 g/mol. The Balaban J connectivity index is 4.50. The first-order chi connectivity index (χ1) is 9.79. The second-order valence-corrected chi connectivity index (χ2v) is 5.39. The van der Waals surface area contributed by atoms with Crippen molar-refractivity contribution >= 4 is 6.21 Å². The molecule has 1 nitrogen and oxygen atoms in total. The van der Waals surface area contributed by atoms with Gasteiger partial charge in [0, 0.05) is 12.4 Å². The molecule has 1 atom stereocenters. The lowest BCUT2D eigenvalue weighted by atomic mass is 9.88. The Morgan fingerprint density at radius 3 is 2.10 bits per heavy atom. The summed E-state index contributed by atoms with van der Waals surface area (Å²) in [4.78, 5) is 4.06. The van der Waals surface area contributed by atoms with Gasteiger partial charge >= 0.3 is 0 Å². The van der Waals surface area contributed by atoms with Crippen LogP contribution in [0.25, 0.3) is 0 Å². The van der Waals surface area contributed by atoms with E-state index in [0.717, 1.165) is 0 Å². The first-order valence-electron chi connectivity index (χ1n) is 8.26. The molecule has 0 bridgehead atoms. The number of allylic oxidation sites excluding steroid dienone is 3. The van der Waals surface area contributed by atoms with Crippen LogP contribution in [0.5, 0.6) is 0 Å². The zero-order valence-electron chi connectivity index (χ0n) is 13.6. The molecule has 0 aliphatic carbocycles. The van der Waals surface area contributed by atoms with Crippen LogP contribution in [0.15, 0.2) is 42.1 Å². The molecule has 0 saturated heterocycles. The molecule has 0 spiro atoms. The molecule has 0 aromatic carbocycles. The van der Waals surface area contributed by atoms with Crippen molar-refractivity contribution in [3.05, 3.63) is 37.1 Å². The largest absolute Gasteiger partial charge is 0.265 e. The molecule has 1 unspecified atom stereocenters. The number of aliphatic imine (C=N–C) groups is 1. The van der Waals surface area contributed by atoms with Crippen molar-refractivity contribution in [1.82, 2.24) is 0 Å². The first-order valence-corrected chi connectivity index (χ1v) is 8.26. The molecule has 0 amide bonds. The van der Waals surface area contributed by atoms with Crippen molar-refractivity contribution in [2.24, 2.45) is 10.9 Å². The van der Waals surface area contributed by atoms with Crippen LogP contribution >= 0.6 is 0 Å². The minimum Gasteiger partial charge on any atom is -0.265 e. The van der Waals surface area contributed by atoms with Crippen molar-refractivity contribution in [1.29, 1.82) is 0 Å². The third-order valence-corrected chi connectivity index (χ3v) is 3.73. The Labute approximate surface area is 126 Å². The van der Waals surface area contributed by atoms with Crippen LogP contribution in [0.2, 0.25) is 0 Å². The Bertz CT molecular complexity index is 299. The molecule has 0 saturated carbocycles. The van der Waals surface area contributed by atoms with E-state index in [2.05, 4.69) is 38.1 Å². The van der Waals surface area contributed by atoms with E-state index in [1.54, 1.807) is 6.20 Å². The minimum atomic E-state index is 0.646. The van der Waals surface area contributed by atoms with E-state index in [0.29, 0.717) is 5.92 Å². The molecular weight excluding hydrogens is 242 g/mol. The van der Waals surface area contributed by atoms with E-state index >= 15 is 0 Å². The van der Waals surface area contributed by atoms with Crippen LogP contribution in [-0.4, -0.2) is 6.21 Å². The van der Waals surface area contributed by atoms with E-state index in [1.165, 1.54) is 63.4 Å². The Kier molecular flexibility index (Phi) is 13.5. The van der Waals surface area contributed by atoms with Crippen LogP contribution in [-0.2, 0) is 0 Å². The molecule has 0 radical (unpaired) electrons. The lowest BCUT2D eigenvalue weighted by Crippen LogP contribution is -2.04. The summed E-state index contributed by atoms with van der Waals surface area (Å²) in [7, 11) is 0. The number of rotatable bonds is 13. The fourth-order valence-electron chi connectivity index (χ4n) is 2.50. The van der Waals surface area contributed by atoms with Crippen molar-refractivity contribution in [2.75, 3.05) is 0 Å². The van der Waals surface area contributed by atoms with Crippen molar-refractivity contribution in [3.63, 3.8) is 0 Å². The van der Waals surface area contributed by atoms with Crippen LogP contribution in [0.4, 0.5) is 0 Å². The maximum absolute atomic E-state index is 4.06. The molecule has 0 aliphatic heterocycles. The van der Waals surface area contributed by atoms with E-state index in [-0.39, 0.29) is 0 Å². The maximum Gasteiger partial charge on any atom is 0.0270 e. The summed E-state index contributed by atoms with van der Waals surface area (Å²) in [5.41, 5.74) is 1.34. The lowest BCUT2D eigenvalue weighted by molar-refractivity contribution is 0.465. The summed E-state index contributed by atoms with van der Waals surface area (Å²) in [6.45, 7) is 12.1.